The smallest absolute Gasteiger partial charge is 0.281 e. The van der Waals surface area contributed by atoms with Crippen molar-refractivity contribution in [2.45, 2.75) is 58.5 Å². The number of anilines is 2. The van der Waals surface area contributed by atoms with Crippen LogP contribution in [0.25, 0.3) is 27.7 Å². The maximum atomic E-state index is 17.4. The van der Waals surface area contributed by atoms with E-state index < -0.39 is 28.5 Å². The lowest BCUT2D eigenvalue weighted by Gasteiger charge is -2.49. The van der Waals surface area contributed by atoms with Gasteiger partial charge in [0, 0.05) is 36.6 Å². The molecule has 12 heteroatoms. The number of fused-ring (bicyclic) bond motifs is 5. The highest BCUT2D eigenvalue weighted by Gasteiger charge is 2.40. The highest BCUT2D eigenvalue weighted by molar-refractivity contribution is 6.34. The Balaban J connectivity index is 1.77. The molecule has 4 heterocycles. The van der Waals surface area contributed by atoms with Gasteiger partial charge >= 0.3 is 0 Å². The largest absolute Gasteiger partial charge is 0.507 e. The molecule has 6 rings (SSSR count). The van der Waals surface area contributed by atoms with Crippen molar-refractivity contribution in [1.29, 1.82) is 0 Å². The molecule has 9 nitrogen and oxygen atoms in total. The molecule has 46 heavy (non-hydrogen) atoms. The van der Waals surface area contributed by atoms with Crippen molar-refractivity contribution in [3.05, 3.63) is 81.6 Å². The Labute approximate surface area is 270 Å². The van der Waals surface area contributed by atoms with Crippen LogP contribution in [-0.4, -0.2) is 62.2 Å². The summed E-state index contributed by atoms with van der Waals surface area (Å²) in [5, 5.41) is 14.1. The monoisotopic (exact) mass is 648 g/mol. The zero-order valence-electron chi connectivity index (χ0n) is 26.2. The lowest BCUT2D eigenvalue weighted by Crippen LogP contribution is -2.62. The summed E-state index contributed by atoms with van der Waals surface area (Å²) in [5.41, 5.74) is 0.606. The van der Waals surface area contributed by atoms with E-state index in [-0.39, 0.29) is 51.6 Å². The number of nitrogens with zero attached hydrogens (tertiary/aromatic N) is 5. The Morgan fingerprint density at radius 3 is 2.39 bits per heavy atom. The van der Waals surface area contributed by atoms with Crippen LogP contribution >= 0.6 is 11.6 Å². The number of hydrogen-bond donors (Lipinski definition) is 2. The van der Waals surface area contributed by atoms with E-state index in [1.807, 2.05) is 39.5 Å². The van der Waals surface area contributed by atoms with Crippen LogP contribution in [0.4, 0.5) is 20.2 Å². The first-order valence-electron chi connectivity index (χ1n) is 15.2. The van der Waals surface area contributed by atoms with Gasteiger partial charge in [0.2, 0.25) is 5.91 Å². The van der Waals surface area contributed by atoms with Gasteiger partial charge in [-0.15, -0.1) is 0 Å². The number of nitrogens with one attached hydrogen (secondary N) is 1. The van der Waals surface area contributed by atoms with Crippen molar-refractivity contribution >= 4 is 39.8 Å². The van der Waals surface area contributed by atoms with Crippen LogP contribution in [-0.2, 0) is 4.79 Å². The second-order valence-corrected chi connectivity index (χ2v) is 12.9. The van der Waals surface area contributed by atoms with Crippen LogP contribution in [0.15, 0.2) is 48.0 Å². The summed E-state index contributed by atoms with van der Waals surface area (Å²) in [6.45, 7) is 14.3. The van der Waals surface area contributed by atoms with Crippen LogP contribution in [0, 0.1) is 11.6 Å². The first kappa shape index (κ1) is 31.5. The van der Waals surface area contributed by atoms with E-state index in [0.717, 1.165) is 6.07 Å². The Morgan fingerprint density at radius 2 is 1.78 bits per heavy atom. The van der Waals surface area contributed by atoms with Crippen LogP contribution in [0.2, 0.25) is 5.02 Å². The summed E-state index contributed by atoms with van der Waals surface area (Å²) < 4.78 is 33.9. The van der Waals surface area contributed by atoms with Crippen LogP contribution in [0.5, 0.6) is 5.75 Å². The minimum Gasteiger partial charge on any atom is -0.507 e. The first-order chi connectivity index (χ1) is 21.9. The summed E-state index contributed by atoms with van der Waals surface area (Å²) in [6, 6.07) is 4.68. The van der Waals surface area contributed by atoms with Gasteiger partial charge in [-0.25, -0.2) is 18.7 Å². The maximum Gasteiger partial charge on any atom is 0.281 e. The summed E-state index contributed by atoms with van der Waals surface area (Å²) in [6.07, 6.45) is 2.71. The van der Waals surface area contributed by atoms with E-state index in [1.165, 1.54) is 35.2 Å². The zero-order valence-corrected chi connectivity index (χ0v) is 27.0. The molecule has 2 aromatic heterocycles. The van der Waals surface area contributed by atoms with E-state index >= 15 is 8.78 Å². The standard InChI is InChI=1S/C34H35ClF2N6O3/c1-7-24(45)41-14-19-12-38-30-32(42(19)13-18(41)6)20-11-21(35)25(26-22(36)9-8-10-23(26)44)27(37)31(20)43(34(30)46)33-28(16(2)3)39-15-40-29(33)17(4)5/h7-11,15-19,38,44H,1,12-14H2,2-6H3. The number of pyridine rings is 1. The molecule has 2 aliphatic rings. The number of phenols is 1. The second kappa shape index (κ2) is 11.7. The minimum atomic E-state index is -0.980. The quantitative estimate of drug-likeness (QED) is 0.243. The van der Waals surface area contributed by atoms with Gasteiger partial charge in [0.1, 0.15) is 23.6 Å². The number of phenolic OH excluding ortho intramolecular Hbond substituents is 1. The lowest BCUT2D eigenvalue weighted by molar-refractivity contribution is -0.128. The van der Waals surface area contributed by atoms with Crippen molar-refractivity contribution in [3.63, 3.8) is 0 Å². The Hall–Kier alpha value is -4.51. The Morgan fingerprint density at radius 1 is 1.11 bits per heavy atom. The van der Waals surface area contributed by atoms with Gasteiger partial charge in [0.25, 0.3) is 5.56 Å². The summed E-state index contributed by atoms with van der Waals surface area (Å²) in [7, 11) is 0. The van der Waals surface area contributed by atoms with Gasteiger partial charge in [0.15, 0.2) is 5.82 Å². The van der Waals surface area contributed by atoms with Crippen LogP contribution < -0.4 is 15.8 Å². The molecule has 2 N–H and O–H groups in total. The van der Waals surface area contributed by atoms with Gasteiger partial charge in [-0.2, -0.15) is 0 Å². The number of benzene rings is 2. The average Bonchev–Trinajstić information content (AvgIpc) is 3.01. The molecule has 2 unspecified atom stereocenters. The highest BCUT2D eigenvalue weighted by Crippen LogP contribution is 2.47. The number of halogens is 3. The number of amides is 1. The molecular formula is C34H35ClF2N6O3. The average molecular weight is 649 g/mol. The third-order valence-electron chi connectivity index (χ3n) is 8.86. The van der Waals surface area contributed by atoms with Crippen molar-refractivity contribution in [2.24, 2.45) is 0 Å². The molecule has 0 spiro atoms. The minimum absolute atomic E-state index is 0.147. The summed E-state index contributed by atoms with van der Waals surface area (Å²) >= 11 is 6.79. The number of hydrogen-bond acceptors (Lipinski definition) is 7. The summed E-state index contributed by atoms with van der Waals surface area (Å²) in [4.78, 5) is 40.2. The number of aromatic nitrogens is 3. The molecule has 2 atom stereocenters. The fourth-order valence-electron chi connectivity index (χ4n) is 6.73. The molecule has 2 aliphatic heterocycles. The molecule has 1 saturated heterocycles. The molecule has 2 aromatic carbocycles. The second-order valence-electron chi connectivity index (χ2n) is 12.5. The molecular weight excluding hydrogens is 614 g/mol. The third-order valence-corrected chi connectivity index (χ3v) is 9.16. The van der Waals surface area contributed by atoms with E-state index in [9.17, 15) is 14.7 Å². The van der Waals surface area contributed by atoms with Gasteiger partial charge in [0.05, 0.1) is 44.9 Å². The molecule has 4 aromatic rings. The molecule has 0 saturated carbocycles. The van der Waals surface area contributed by atoms with Crippen molar-refractivity contribution < 1.29 is 18.7 Å². The first-order valence-corrected chi connectivity index (χ1v) is 15.6. The lowest BCUT2D eigenvalue weighted by atomic mass is 9.95. The number of carbonyl (C=O) groups is 1. The Kier molecular flexibility index (Phi) is 8.00. The number of aromatic hydroxyl groups is 1. The summed E-state index contributed by atoms with van der Waals surface area (Å²) in [5.74, 6) is -2.90. The predicted molar refractivity (Wildman–Crippen MR) is 176 cm³/mol. The third kappa shape index (κ3) is 4.79. The van der Waals surface area contributed by atoms with Gasteiger partial charge in [-0.1, -0.05) is 51.9 Å². The van der Waals surface area contributed by atoms with Crippen molar-refractivity contribution in [2.75, 3.05) is 29.9 Å². The Bertz CT molecular complexity index is 1930. The molecule has 0 aliphatic carbocycles. The van der Waals surface area contributed by atoms with Crippen LogP contribution in [0.3, 0.4) is 0 Å². The fraction of sp³-hybridized carbons (Fsp3) is 0.353. The number of rotatable bonds is 5. The SMILES string of the molecule is C=CC(=O)N1CC2CNc3c(c4cc(Cl)c(-c5c(O)cccc5F)c(F)c4n(-c4c(C(C)C)ncnc4C(C)C)c3=O)N2CC1C. The number of piperazine rings is 1. The van der Waals surface area contributed by atoms with E-state index in [0.29, 0.717) is 47.8 Å². The van der Waals surface area contributed by atoms with Gasteiger partial charge < -0.3 is 20.2 Å². The fourth-order valence-corrected chi connectivity index (χ4v) is 7.02. The van der Waals surface area contributed by atoms with Gasteiger partial charge in [-0.3, -0.25) is 14.2 Å². The zero-order chi connectivity index (χ0) is 33.2. The van der Waals surface area contributed by atoms with Crippen LogP contribution in [0.1, 0.15) is 57.8 Å². The highest BCUT2D eigenvalue weighted by atomic mass is 35.5. The molecule has 0 radical (unpaired) electrons. The number of carbonyl (C=O) groups excluding carboxylic acids is 1. The maximum absolute atomic E-state index is 17.4. The van der Waals surface area contributed by atoms with Crippen molar-refractivity contribution in [1.82, 2.24) is 19.4 Å². The van der Waals surface area contributed by atoms with E-state index in [4.69, 9.17) is 11.6 Å². The molecule has 0 bridgehead atoms. The predicted octanol–water partition coefficient (Wildman–Crippen LogP) is 6.35. The van der Waals surface area contributed by atoms with E-state index in [1.54, 1.807) is 4.90 Å². The molecule has 1 fully saturated rings. The molecule has 1 amide bonds. The van der Waals surface area contributed by atoms with Crippen molar-refractivity contribution in [3.8, 4) is 22.6 Å². The molecule has 240 valence electrons. The normalized spacial score (nSPS) is 17.7. The topological polar surface area (TPSA) is 104 Å². The van der Waals surface area contributed by atoms with Gasteiger partial charge in [-0.05, 0) is 43.0 Å². The van der Waals surface area contributed by atoms with E-state index in [2.05, 4.69) is 21.9 Å².